The molecule has 0 spiro atoms. The predicted molar refractivity (Wildman–Crippen MR) is 122 cm³/mol. The number of fused-ring (bicyclic) bond motifs is 1. The third-order valence-corrected chi connectivity index (χ3v) is 6.79. The van der Waals surface area contributed by atoms with Crippen LogP contribution in [-0.4, -0.2) is 40.5 Å². The van der Waals surface area contributed by atoms with Gasteiger partial charge in [-0.2, -0.15) is 0 Å². The van der Waals surface area contributed by atoms with Crippen molar-refractivity contribution >= 4 is 39.2 Å². The number of allylic oxidation sites excluding steroid dienone is 1. The number of thiophene rings is 1. The van der Waals surface area contributed by atoms with E-state index in [1.54, 1.807) is 10.6 Å². The number of thioether (sulfide) groups is 1. The minimum absolute atomic E-state index is 0.0915. The lowest BCUT2D eigenvalue weighted by molar-refractivity contribution is -0.119. The SMILES string of the molecule is C=CCn1c(SCC(=O)NCC2CCCO2)nc2scc(-c3ccccc3)c2c1=O. The van der Waals surface area contributed by atoms with Gasteiger partial charge in [0.2, 0.25) is 5.91 Å². The summed E-state index contributed by atoms with van der Waals surface area (Å²) in [6.45, 7) is 5.39. The number of amides is 1. The average Bonchev–Trinajstić information content (AvgIpc) is 3.43. The van der Waals surface area contributed by atoms with Crippen LogP contribution in [0.3, 0.4) is 0 Å². The number of nitrogens with zero attached hydrogens (tertiary/aromatic N) is 2. The van der Waals surface area contributed by atoms with Crippen molar-refractivity contribution in [3.05, 3.63) is 58.7 Å². The van der Waals surface area contributed by atoms with E-state index in [4.69, 9.17) is 9.72 Å². The van der Waals surface area contributed by atoms with Gasteiger partial charge in [-0.1, -0.05) is 48.2 Å². The third kappa shape index (κ3) is 4.50. The molecule has 1 atom stereocenters. The highest BCUT2D eigenvalue weighted by Gasteiger charge is 2.19. The zero-order valence-electron chi connectivity index (χ0n) is 16.5. The molecule has 1 aliphatic heterocycles. The number of ether oxygens (including phenoxy) is 1. The van der Waals surface area contributed by atoms with Crippen molar-refractivity contribution < 1.29 is 9.53 Å². The maximum atomic E-state index is 13.3. The standard InChI is InChI=1S/C22H23N3O3S2/c1-2-10-25-21(27)19-17(15-7-4-3-5-8-15)13-29-20(19)24-22(25)30-14-18(26)23-12-16-9-6-11-28-16/h2-5,7-8,13,16H,1,6,9-12,14H2,(H,23,26). The number of nitrogens with one attached hydrogen (secondary N) is 1. The van der Waals surface area contributed by atoms with E-state index in [2.05, 4.69) is 11.9 Å². The van der Waals surface area contributed by atoms with Crippen LogP contribution in [0.1, 0.15) is 12.8 Å². The van der Waals surface area contributed by atoms with Gasteiger partial charge in [-0.3, -0.25) is 14.2 Å². The average molecular weight is 442 g/mol. The number of benzene rings is 1. The van der Waals surface area contributed by atoms with Gasteiger partial charge in [-0.05, 0) is 18.4 Å². The Balaban J connectivity index is 1.57. The highest BCUT2D eigenvalue weighted by Crippen LogP contribution is 2.32. The van der Waals surface area contributed by atoms with E-state index in [-0.39, 0.29) is 23.3 Å². The lowest BCUT2D eigenvalue weighted by atomic mass is 10.1. The van der Waals surface area contributed by atoms with Crippen molar-refractivity contribution in [3.63, 3.8) is 0 Å². The quantitative estimate of drug-likeness (QED) is 0.328. The van der Waals surface area contributed by atoms with Crippen molar-refractivity contribution in [1.82, 2.24) is 14.9 Å². The number of hydrogen-bond acceptors (Lipinski definition) is 6. The van der Waals surface area contributed by atoms with E-state index in [1.807, 2.05) is 35.7 Å². The Morgan fingerprint density at radius 3 is 2.97 bits per heavy atom. The van der Waals surface area contributed by atoms with E-state index in [0.29, 0.717) is 28.5 Å². The molecule has 1 amide bonds. The molecular weight excluding hydrogens is 418 g/mol. The molecule has 1 aromatic carbocycles. The summed E-state index contributed by atoms with van der Waals surface area (Å²) < 4.78 is 7.12. The van der Waals surface area contributed by atoms with Gasteiger partial charge in [0.15, 0.2) is 5.16 Å². The fourth-order valence-corrected chi connectivity index (χ4v) is 5.28. The molecule has 3 aromatic rings. The minimum Gasteiger partial charge on any atom is -0.376 e. The van der Waals surface area contributed by atoms with Crippen LogP contribution < -0.4 is 10.9 Å². The van der Waals surface area contributed by atoms with Crippen LogP contribution in [0.5, 0.6) is 0 Å². The van der Waals surface area contributed by atoms with Gasteiger partial charge in [0.25, 0.3) is 5.56 Å². The first kappa shape index (κ1) is 20.8. The second kappa shape index (κ2) is 9.59. The Labute approximate surface area is 183 Å². The molecule has 4 rings (SSSR count). The van der Waals surface area contributed by atoms with Crippen LogP contribution in [0.25, 0.3) is 21.3 Å². The number of carbonyl (C=O) groups excluding carboxylic acids is 1. The lowest BCUT2D eigenvalue weighted by Crippen LogP contribution is -2.33. The third-order valence-electron chi connectivity index (χ3n) is 4.94. The molecule has 0 aliphatic carbocycles. The van der Waals surface area contributed by atoms with E-state index in [9.17, 15) is 9.59 Å². The molecule has 6 nitrogen and oxygen atoms in total. The van der Waals surface area contributed by atoms with Crippen molar-refractivity contribution in [2.75, 3.05) is 18.9 Å². The van der Waals surface area contributed by atoms with Crippen molar-refractivity contribution in [3.8, 4) is 11.1 Å². The monoisotopic (exact) mass is 441 g/mol. The van der Waals surface area contributed by atoms with Crippen LogP contribution in [0.2, 0.25) is 0 Å². The fourth-order valence-electron chi connectivity index (χ4n) is 3.45. The molecule has 0 saturated carbocycles. The summed E-state index contributed by atoms with van der Waals surface area (Å²) in [5.41, 5.74) is 1.76. The molecule has 0 bridgehead atoms. The molecule has 8 heteroatoms. The normalized spacial score (nSPS) is 16.1. The van der Waals surface area contributed by atoms with Crippen LogP contribution >= 0.6 is 23.1 Å². The first-order chi connectivity index (χ1) is 14.7. The Morgan fingerprint density at radius 2 is 2.23 bits per heavy atom. The van der Waals surface area contributed by atoms with Gasteiger partial charge in [0, 0.05) is 30.6 Å². The van der Waals surface area contributed by atoms with Gasteiger partial charge in [0.05, 0.1) is 17.2 Å². The molecule has 0 radical (unpaired) electrons. The number of aromatic nitrogens is 2. The molecule has 2 aromatic heterocycles. The zero-order valence-corrected chi connectivity index (χ0v) is 18.1. The molecule has 1 saturated heterocycles. The Morgan fingerprint density at radius 1 is 1.40 bits per heavy atom. The smallest absolute Gasteiger partial charge is 0.263 e. The minimum atomic E-state index is -0.109. The summed E-state index contributed by atoms with van der Waals surface area (Å²) in [5.74, 6) is 0.102. The van der Waals surface area contributed by atoms with Crippen LogP contribution in [0, 0.1) is 0 Å². The Hall–Kier alpha value is -2.42. The molecule has 156 valence electrons. The van der Waals surface area contributed by atoms with Gasteiger partial charge in [-0.15, -0.1) is 17.9 Å². The summed E-state index contributed by atoms with van der Waals surface area (Å²) in [6.07, 6.45) is 3.80. The number of rotatable bonds is 8. The highest BCUT2D eigenvalue weighted by atomic mass is 32.2. The summed E-state index contributed by atoms with van der Waals surface area (Å²) in [4.78, 5) is 30.9. The fraction of sp³-hybridized carbons (Fsp3) is 0.318. The molecule has 30 heavy (non-hydrogen) atoms. The van der Waals surface area contributed by atoms with Gasteiger partial charge < -0.3 is 10.1 Å². The second-order valence-electron chi connectivity index (χ2n) is 7.02. The van der Waals surface area contributed by atoms with Crippen molar-refractivity contribution in [1.29, 1.82) is 0 Å². The largest absolute Gasteiger partial charge is 0.376 e. The summed E-state index contributed by atoms with van der Waals surface area (Å²) in [5, 5.41) is 6.01. The lowest BCUT2D eigenvalue weighted by Gasteiger charge is -2.12. The second-order valence-corrected chi connectivity index (χ2v) is 8.82. The zero-order chi connectivity index (χ0) is 20.9. The Kier molecular flexibility index (Phi) is 6.66. The van der Waals surface area contributed by atoms with Crippen LogP contribution in [0.15, 0.2) is 58.3 Å². The molecule has 1 N–H and O–H groups in total. The van der Waals surface area contributed by atoms with Gasteiger partial charge in [-0.25, -0.2) is 4.98 Å². The molecule has 1 aliphatic rings. The molecule has 1 fully saturated rings. The molecular formula is C22H23N3O3S2. The maximum Gasteiger partial charge on any atom is 0.263 e. The number of carbonyl (C=O) groups is 1. The Bertz CT molecular complexity index is 1100. The van der Waals surface area contributed by atoms with E-state index >= 15 is 0 Å². The van der Waals surface area contributed by atoms with Crippen LogP contribution in [0.4, 0.5) is 0 Å². The maximum absolute atomic E-state index is 13.3. The summed E-state index contributed by atoms with van der Waals surface area (Å²) in [6, 6.07) is 9.83. The highest BCUT2D eigenvalue weighted by molar-refractivity contribution is 7.99. The number of hydrogen-bond donors (Lipinski definition) is 1. The van der Waals surface area contributed by atoms with Gasteiger partial charge in [0.1, 0.15) is 4.83 Å². The van der Waals surface area contributed by atoms with E-state index in [0.717, 1.165) is 30.6 Å². The van der Waals surface area contributed by atoms with Crippen molar-refractivity contribution in [2.24, 2.45) is 0 Å². The first-order valence-electron chi connectivity index (χ1n) is 9.87. The van der Waals surface area contributed by atoms with Crippen molar-refractivity contribution in [2.45, 2.75) is 30.6 Å². The molecule has 1 unspecified atom stereocenters. The topological polar surface area (TPSA) is 73.2 Å². The summed E-state index contributed by atoms with van der Waals surface area (Å²) >= 11 is 2.71. The van der Waals surface area contributed by atoms with Crippen LogP contribution in [-0.2, 0) is 16.1 Å². The van der Waals surface area contributed by atoms with E-state index < -0.39 is 0 Å². The van der Waals surface area contributed by atoms with E-state index in [1.165, 1.54) is 23.1 Å². The van der Waals surface area contributed by atoms with Gasteiger partial charge >= 0.3 is 0 Å². The predicted octanol–water partition coefficient (Wildman–Crippen LogP) is 3.70. The molecule has 3 heterocycles. The first-order valence-corrected chi connectivity index (χ1v) is 11.7. The summed E-state index contributed by atoms with van der Waals surface area (Å²) in [7, 11) is 0.